The van der Waals surface area contributed by atoms with Gasteiger partial charge in [0.2, 0.25) is 0 Å². The van der Waals surface area contributed by atoms with E-state index in [1.165, 1.54) is 0 Å². The molecule has 0 radical (unpaired) electrons. The van der Waals surface area contributed by atoms with Crippen LogP contribution in [0.1, 0.15) is 35.3 Å². The zero-order valence-electron chi connectivity index (χ0n) is 11.0. The fraction of sp³-hybridized carbons (Fsp3) is 0.500. The molecule has 0 aromatic heterocycles. The molecule has 102 valence electrons. The van der Waals surface area contributed by atoms with E-state index in [1.807, 2.05) is 13.8 Å². The van der Waals surface area contributed by atoms with Gasteiger partial charge < -0.3 is 15.2 Å². The maximum Gasteiger partial charge on any atom is 0.180 e. The van der Waals surface area contributed by atoms with E-state index in [4.69, 9.17) is 26.8 Å². The van der Waals surface area contributed by atoms with E-state index < -0.39 is 0 Å². The van der Waals surface area contributed by atoms with Gasteiger partial charge in [0.25, 0.3) is 0 Å². The Hall–Kier alpha value is -1.26. The molecule has 19 heavy (non-hydrogen) atoms. The van der Waals surface area contributed by atoms with Gasteiger partial charge in [0.05, 0.1) is 17.1 Å². The number of halogens is 1. The first-order valence-corrected chi connectivity index (χ1v) is 6.84. The molecule has 0 saturated heterocycles. The Morgan fingerprint density at radius 1 is 1.21 bits per heavy atom. The minimum Gasteiger partial charge on any atom is -0.489 e. The van der Waals surface area contributed by atoms with Crippen LogP contribution in [0.5, 0.6) is 11.5 Å². The van der Waals surface area contributed by atoms with Crippen molar-refractivity contribution in [3.63, 3.8) is 0 Å². The zero-order chi connectivity index (χ0) is 13.7. The van der Waals surface area contributed by atoms with Gasteiger partial charge >= 0.3 is 0 Å². The number of nitrogens with two attached hydrogens (primary N) is 1. The van der Waals surface area contributed by atoms with Crippen molar-refractivity contribution in [1.82, 2.24) is 0 Å². The van der Waals surface area contributed by atoms with E-state index in [2.05, 4.69) is 0 Å². The molecule has 2 atom stereocenters. The maximum absolute atomic E-state index is 12.2. The number of ketones is 1. The smallest absolute Gasteiger partial charge is 0.180 e. The van der Waals surface area contributed by atoms with Crippen molar-refractivity contribution in [1.29, 1.82) is 0 Å². The van der Waals surface area contributed by atoms with E-state index in [1.54, 1.807) is 0 Å². The van der Waals surface area contributed by atoms with Crippen molar-refractivity contribution in [2.75, 3.05) is 6.54 Å². The fourth-order valence-corrected chi connectivity index (χ4v) is 3.18. The number of carbonyl (C=O) groups is 1. The number of carbonyl (C=O) groups excluding carboxylic acids is 1. The molecular formula is C14H16ClNO3. The fourth-order valence-electron chi connectivity index (χ4n) is 2.86. The van der Waals surface area contributed by atoms with Crippen LogP contribution in [0.2, 0.25) is 5.02 Å². The summed E-state index contributed by atoms with van der Waals surface area (Å²) in [4.78, 5) is 12.2. The molecule has 4 nitrogen and oxygen atoms in total. The Morgan fingerprint density at radius 2 is 1.79 bits per heavy atom. The van der Waals surface area contributed by atoms with Gasteiger partial charge in [0.15, 0.2) is 5.78 Å². The summed E-state index contributed by atoms with van der Waals surface area (Å²) in [5.74, 6) is 1.14. The van der Waals surface area contributed by atoms with Gasteiger partial charge in [-0.3, -0.25) is 4.79 Å². The van der Waals surface area contributed by atoms with Crippen LogP contribution in [0.4, 0.5) is 0 Å². The summed E-state index contributed by atoms with van der Waals surface area (Å²) in [5.41, 5.74) is 7.82. The number of benzene rings is 1. The molecule has 3 rings (SSSR count). The van der Waals surface area contributed by atoms with E-state index in [0.717, 1.165) is 11.1 Å². The summed E-state index contributed by atoms with van der Waals surface area (Å²) < 4.78 is 11.5. The van der Waals surface area contributed by atoms with Crippen LogP contribution in [-0.4, -0.2) is 24.5 Å². The molecule has 0 aliphatic carbocycles. The molecule has 2 aliphatic rings. The topological polar surface area (TPSA) is 61.6 Å². The van der Waals surface area contributed by atoms with Crippen molar-refractivity contribution in [2.45, 2.75) is 38.9 Å². The number of hydrogen-bond acceptors (Lipinski definition) is 4. The Balaban J connectivity index is 2.26. The predicted molar refractivity (Wildman–Crippen MR) is 72.4 cm³/mol. The van der Waals surface area contributed by atoms with E-state index >= 15 is 0 Å². The molecule has 2 N–H and O–H groups in total. The summed E-state index contributed by atoms with van der Waals surface area (Å²) in [6.45, 7) is 3.88. The van der Waals surface area contributed by atoms with Crippen molar-refractivity contribution >= 4 is 17.4 Å². The first kappa shape index (κ1) is 12.8. The van der Waals surface area contributed by atoms with Crippen molar-refractivity contribution in [3.8, 4) is 11.5 Å². The molecule has 1 aromatic carbocycles. The molecule has 1 aromatic rings. The van der Waals surface area contributed by atoms with Crippen LogP contribution < -0.4 is 15.2 Å². The monoisotopic (exact) mass is 281 g/mol. The van der Waals surface area contributed by atoms with Crippen LogP contribution >= 0.6 is 11.6 Å². The average molecular weight is 282 g/mol. The zero-order valence-corrected chi connectivity index (χ0v) is 11.7. The molecule has 0 bridgehead atoms. The molecule has 0 amide bonds. The van der Waals surface area contributed by atoms with Crippen molar-refractivity contribution in [3.05, 3.63) is 21.7 Å². The number of ether oxygens (including phenoxy) is 2. The second kappa shape index (κ2) is 4.39. The number of Topliss-reactive ketones (excluding diaryl/α,β-unsaturated/α-hetero) is 1. The molecule has 2 heterocycles. The van der Waals surface area contributed by atoms with Crippen LogP contribution in [0.3, 0.4) is 0 Å². The summed E-state index contributed by atoms with van der Waals surface area (Å²) in [7, 11) is 0. The van der Waals surface area contributed by atoms with Crippen molar-refractivity contribution in [2.24, 2.45) is 5.73 Å². The number of fused-ring (bicyclic) bond motifs is 2. The first-order chi connectivity index (χ1) is 9.02. The highest BCUT2D eigenvalue weighted by Gasteiger charge is 2.36. The van der Waals surface area contributed by atoms with Gasteiger partial charge in [-0.2, -0.15) is 0 Å². The third-order valence-corrected chi connectivity index (χ3v) is 4.03. The molecule has 2 unspecified atom stereocenters. The molecule has 0 spiro atoms. The molecule has 0 saturated carbocycles. The summed E-state index contributed by atoms with van der Waals surface area (Å²) in [5, 5.41) is 0.590. The highest BCUT2D eigenvalue weighted by Crippen LogP contribution is 2.49. The lowest BCUT2D eigenvalue weighted by atomic mass is 9.95. The van der Waals surface area contributed by atoms with Gasteiger partial charge in [0, 0.05) is 24.0 Å². The van der Waals surface area contributed by atoms with Crippen LogP contribution in [0, 0.1) is 0 Å². The van der Waals surface area contributed by atoms with Gasteiger partial charge in [-0.1, -0.05) is 11.6 Å². The second-order valence-corrected chi connectivity index (χ2v) is 5.57. The molecule has 5 heteroatoms. The lowest BCUT2D eigenvalue weighted by Crippen LogP contribution is -2.17. The molecule has 0 fully saturated rings. The minimum atomic E-state index is -0.115. The number of hydrogen-bond donors (Lipinski definition) is 1. The van der Waals surface area contributed by atoms with Gasteiger partial charge in [-0.15, -0.1) is 0 Å². The molecular weight excluding hydrogens is 266 g/mol. The largest absolute Gasteiger partial charge is 0.489 e. The Kier molecular flexibility index (Phi) is 2.95. The number of rotatable bonds is 2. The van der Waals surface area contributed by atoms with Gasteiger partial charge in [0.1, 0.15) is 23.7 Å². The third kappa shape index (κ3) is 1.82. The van der Waals surface area contributed by atoms with E-state index in [-0.39, 0.29) is 24.5 Å². The van der Waals surface area contributed by atoms with Gasteiger partial charge in [-0.25, -0.2) is 0 Å². The van der Waals surface area contributed by atoms with Crippen LogP contribution in [0.25, 0.3) is 0 Å². The second-order valence-electron chi connectivity index (χ2n) is 5.20. The Bertz CT molecular complexity index is 531. The molecule has 2 aliphatic heterocycles. The first-order valence-electron chi connectivity index (χ1n) is 6.46. The maximum atomic E-state index is 12.2. The van der Waals surface area contributed by atoms with Crippen molar-refractivity contribution < 1.29 is 14.3 Å². The predicted octanol–water partition coefficient (Wildman–Crippen LogP) is 2.13. The third-order valence-electron chi connectivity index (χ3n) is 3.63. The summed E-state index contributed by atoms with van der Waals surface area (Å²) in [6.07, 6.45) is 1.42. The average Bonchev–Trinajstić information content (AvgIpc) is 2.92. The summed E-state index contributed by atoms with van der Waals surface area (Å²) >= 11 is 6.40. The standard InChI is InChI=1S/C14H16ClNO3/c1-6-3-8-11(10(17)5-16)13-9(4-7(2)18-13)12(15)14(8)19-6/h6-7H,3-5,16H2,1-2H3. The minimum absolute atomic E-state index is 0.0248. The Labute approximate surface area is 116 Å². The van der Waals surface area contributed by atoms with E-state index in [0.29, 0.717) is 34.9 Å². The quantitative estimate of drug-likeness (QED) is 0.844. The van der Waals surface area contributed by atoms with E-state index in [9.17, 15) is 4.79 Å². The lowest BCUT2D eigenvalue weighted by molar-refractivity contribution is 0.0996. The van der Waals surface area contributed by atoms with Crippen LogP contribution in [-0.2, 0) is 12.8 Å². The summed E-state index contributed by atoms with van der Waals surface area (Å²) in [6, 6.07) is 0. The van der Waals surface area contributed by atoms with Crippen LogP contribution in [0.15, 0.2) is 0 Å². The SMILES string of the molecule is CC1Cc2c(c(Cl)c3c(c2C(=O)CN)OC(C)C3)O1. The Morgan fingerprint density at radius 3 is 2.42 bits per heavy atom. The lowest BCUT2D eigenvalue weighted by Gasteiger charge is -2.13. The highest BCUT2D eigenvalue weighted by atomic mass is 35.5. The highest BCUT2D eigenvalue weighted by molar-refractivity contribution is 6.33. The normalized spacial score (nSPS) is 23.6. The van der Waals surface area contributed by atoms with Gasteiger partial charge in [-0.05, 0) is 13.8 Å².